The minimum Gasteiger partial charge on any atom is -0.467 e. The van der Waals surface area contributed by atoms with E-state index in [1.807, 2.05) is 6.92 Å². The number of likely N-dealkylation sites (tertiary alicyclic amines) is 1. The normalized spacial score (nSPS) is 22.7. The summed E-state index contributed by atoms with van der Waals surface area (Å²) in [5.41, 5.74) is 6.61. The lowest BCUT2D eigenvalue weighted by molar-refractivity contribution is -0.151. The van der Waals surface area contributed by atoms with Gasteiger partial charge in [-0.15, -0.1) is 23.2 Å². The number of carbonyl (C=O) groups excluding carboxylic acids is 5. The number of hydrogen-bond donors (Lipinski definition) is 3. The topological polar surface area (TPSA) is 206 Å². The van der Waals surface area contributed by atoms with E-state index in [-0.39, 0.29) is 23.5 Å². The first-order valence-corrected chi connectivity index (χ1v) is 27.1. The molecular weight excluding hydrogens is 968 g/mol. The van der Waals surface area contributed by atoms with Crippen molar-refractivity contribution in [3.8, 4) is 0 Å². The van der Waals surface area contributed by atoms with Gasteiger partial charge < -0.3 is 49.3 Å². The molecule has 0 radical (unpaired) electrons. The molecule has 2 aliphatic heterocycles. The second-order valence-corrected chi connectivity index (χ2v) is 21.6. The van der Waals surface area contributed by atoms with Crippen LogP contribution in [0.2, 0.25) is 0 Å². The van der Waals surface area contributed by atoms with Crippen LogP contribution in [-0.4, -0.2) is 139 Å². The Labute approximate surface area is 435 Å². The molecule has 0 bridgehead atoms. The van der Waals surface area contributed by atoms with E-state index in [0.29, 0.717) is 64.1 Å². The molecule has 19 heteroatoms. The average Bonchev–Trinajstić information content (AvgIpc) is 3.32. The number of ether oxygens (including phenoxy) is 6. The van der Waals surface area contributed by atoms with Crippen molar-refractivity contribution in [3.63, 3.8) is 0 Å². The Hall–Kier alpha value is -4.29. The largest absolute Gasteiger partial charge is 0.467 e. The number of pyridine rings is 2. The van der Waals surface area contributed by atoms with E-state index in [1.54, 1.807) is 11.8 Å². The number of aromatic nitrogens is 2. The summed E-state index contributed by atoms with van der Waals surface area (Å²) in [6.07, 6.45) is 17.8. The van der Waals surface area contributed by atoms with Crippen molar-refractivity contribution in [2.75, 3.05) is 59.0 Å². The van der Waals surface area contributed by atoms with Crippen molar-refractivity contribution in [3.05, 3.63) is 58.2 Å². The number of carbonyl (C=O) groups is 5. The fourth-order valence-corrected chi connectivity index (χ4v) is 10.2. The molecule has 400 valence electrons. The van der Waals surface area contributed by atoms with Gasteiger partial charge in [-0.05, 0) is 152 Å². The number of hydrogen-bond acceptors (Lipinski definition) is 14. The molecule has 4 aliphatic carbocycles. The van der Waals surface area contributed by atoms with Gasteiger partial charge in [-0.25, -0.2) is 19.2 Å². The Morgan fingerprint density at radius 3 is 1.49 bits per heavy atom. The van der Waals surface area contributed by atoms with E-state index in [4.69, 9.17) is 61.6 Å². The molecule has 4 fully saturated rings. The Bertz CT molecular complexity index is 2110. The lowest BCUT2D eigenvalue weighted by Crippen LogP contribution is -2.64. The van der Waals surface area contributed by atoms with Crippen LogP contribution in [0, 0.1) is 11.8 Å². The summed E-state index contributed by atoms with van der Waals surface area (Å²) < 4.78 is 32.4. The van der Waals surface area contributed by atoms with Crippen LogP contribution in [0.15, 0.2) is 24.3 Å². The van der Waals surface area contributed by atoms with Crippen LogP contribution in [-0.2, 0) is 81.3 Å². The molecule has 2 atom stereocenters. The molecule has 0 spiro atoms. The second-order valence-electron chi connectivity index (χ2n) is 20.7. The molecule has 2 unspecified atom stereocenters. The molecule has 3 amide bonds. The second kappa shape index (κ2) is 27.8. The molecular formula is C53H78Cl2N6O11. The van der Waals surface area contributed by atoms with Gasteiger partial charge >= 0.3 is 24.1 Å². The molecule has 2 aromatic rings. The summed E-state index contributed by atoms with van der Waals surface area (Å²) in [6, 6.07) is 7.30. The zero-order valence-electron chi connectivity index (χ0n) is 43.0. The van der Waals surface area contributed by atoms with Crippen molar-refractivity contribution in [2.45, 2.75) is 172 Å². The lowest BCUT2D eigenvalue weighted by Gasteiger charge is -2.46. The predicted molar refractivity (Wildman–Crippen MR) is 272 cm³/mol. The van der Waals surface area contributed by atoms with Crippen molar-refractivity contribution >= 4 is 53.2 Å². The zero-order valence-corrected chi connectivity index (χ0v) is 44.6. The van der Waals surface area contributed by atoms with Crippen LogP contribution in [0.3, 0.4) is 0 Å². The van der Waals surface area contributed by atoms with Crippen molar-refractivity contribution in [2.24, 2.45) is 11.8 Å². The maximum atomic E-state index is 12.3. The van der Waals surface area contributed by atoms with E-state index in [9.17, 15) is 24.0 Å². The van der Waals surface area contributed by atoms with Gasteiger partial charge in [0, 0.05) is 68.8 Å². The first-order chi connectivity index (χ1) is 34.6. The van der Waals surface area contributed by atoms with Crippen LogP contribution >= 0.6 is 23.2 Å². The third-order valence-electron chi connectivity index (χ3n) is 14.7. The van der Waals surface area contributed by atoms with E-state index < -0.39 is 47.4 Å². The molecule has 0 aromatic carbocycles. The lowest BCUT2D eigenvalue weighted by atomic mass is 9.79. The van der Waals surface area contributed by atoms with Gasteiger partial charge in [-0.1, -0.05) is 12.1 Å². The number of alkyl carbamates (subject to hydrolysis) is 2. The van der Waals surface area contributed by atoms with Gasteiger partial charge in [0.25, 0.3) is 0 Å². The number of esters is 2. The molecule has 2 saturated heterocycles. The van der Waals surface area contributed by atoms with Crippen LogP contribution in [0.4, 0.5) is 9.59 Å². The first kappa shape index (κ1) is 57.0. The summed E-state index contributed by atoms with van der Waals surface area (Å²) in [4.78, 5) is 71.4. The highest BCUT2D eigenvalue weighted by Crippen LogP contribution is 2.35. The summed E-state index contributed by atoms with van der Waals surface area (Å²) in [5.74, 6) is 0.207. The van der Waals surface area contributed by atoms with Gasteiger partial charge in [0.15, 0.2) is 0 Å². The maximum absolute atomic E-state index is 12.3. The molecule has 17 nitrogen and oxygen atoms in total. The van der Waals surface area contributed by atoms with Gasteiger partial charge in [-0.3, -0.25) is 14.8 Å². The molecule has 72 heavy (non-hydrogen) atoms. The third-order valence-corrected chi connectivity index (χ3v) is 14.7. The minimum absolute atomic E-state index is 0.0606. The quantitative estimate of drug-likeness (QED) is 0.0688. The smallest absolute Gasteiger partial charge is 0.408 e. The van der Waals surface area contributed by atoms with Crippen LogP contribution < -0.4 is 16.0 Å². The fraction of sp³-hybridized carbons (Fsp3) is 0.717. The predicted octanol–water partition coefficient (Wildman–Crippen LogP) is 7.10. The van der Waals surface area contributed by atoms with Gasteiger partial charge in [-0.2, -0.15) is 0 Å². The zero-order chi connectivity index (χ0) is 51.7. The average molecular weight is 1050 g/mol. The monoisotopic (exact) mass is 1040 g/mol. The number of rotatable bonds is 20. The highest BCUT2D eigenvalue weighted by atomic mass is 35.5. The molecule has 6 aliphatic rings. The van der Waals surface area contributed by atoms with Crippen molar-refractivity contribution < 1.29 is 52.4 Å². The molecule has 4 heterocycles. The number of nitrogens with zero attached hydrogens (tertiary/aromatic N) is 3. The fourth-order valence-electron chi connectivity index (χ4n) is 10.2. The van der Waals surface area contributed by atoms with Crippen LogP contribution in [0.5, 0.6) is 0 Å². The van der Waals surface area contributed by atoms with Gasteiger partial charge in [0.2, 0.25) is 5.91 Å². The van der Waals surface area contributed by atoms with Crippen LogP contribution in [0.1, 0.15) is 132 Å². The van der Waals surface area contributed by atoms with E-state index >= 15 is 0 Å². The number of alkyl halides is 2. The Morgan fingerprint density at radius 1 is 0.681 bits per heavy atom. The van der Waals surface area contributed by atoms with Crippen molar-refractivity contribution in [1.29, 1.82) is 0 Å². The third kappa shape index (κ3) is 17.4. The Morgan fingerprint density at radius 2 is 1.10 bits per heavy atom. The molecule has 8 rings (SSSR count). The number of nitrogens with one attached hydrogen (secondary N) is 3. The molecule has 2 saturated carbocycles. The first-order valence-electron chi connectivity index (χ1n) is 26.0. The van der Waals surface area contributed by atoms with Crippen molar-refractivity contribution in [1.82, 2.24) is 30.8 Å². The number of aryl methyl sites for hydroxylation is 6. The maximum Gasteiger partial charge on any atom is 0.408 e. The highest BCUT2D eigenvalue weighted by molar-refractivity contribution is 6.40. The number of amides is 3. The van der Waals surface area contributed by atoms with Gasteiger partial charge in [0.05, 0.1) is 44.9 Å². The number of halogens is 2. The highest BCUT2D eigenvalue weighted by Gasteiger charge is 2.44. The van der Waals surface area contributed by atoms with E-state index in [0.717, 1.165) is 70.6 Å². The summed E-state index contributed by atoms with van der Waals surface area (Å²) in [5, 5.41) is 8.47. The Balaban J connectivity index is 0.000000224. The number of methoxy groups -OCH3 is 2. The SMILES string of the molecule is COC(=O)C(CCOC1CC(CCc2ccc3c(n2)CCCC3)C1)NC(=O)OC1(C)CN(C(C)=O)C1.COC(=O)C(CCOC1CC(CCc2ccc3c(n2)CCCC3)C1)NC(=O)OC1(C)CNC1.ClCCl. The standard InChI is InChI=1S/C27H39N3O6.C25H37N3O5.CH2Cl2/c1-18(31)30-16-27(2,17-30)36-26(33)29-24(25(32)34-3)12-13-35-22-14-19(15-22)8-10-21-11-9-20-6-4-5-7-23(20)28-21;1-25(15-26-16-25)33-24(30)28-22(23(29)31-2)11-12-32-20-13-17(14-20)7-9-19-10-8-18-5-3-4-6-21(18)27-19;2-1-3/h9,11,19,22,24H,4-8,10,12-17H2,1-3H3,(H,29,33);8,10,17,20,22,26H,3-7,9,11-16H2,1-2H3,(H,28,30);1H2. The minimum atomic E-state index is -0.846. The summed E-state index contributed by atoms with van der Waals surface area (Å²) in [7, 11) is 2.60. The Kier molecular flexibility index (Phi) is 22.0. The van der Waals surface area contributed by atoms with E-state index in [1.165, 1.54) is 87.2 Å². The number of fused-ring (bicyclic) bond motifs is 2. The summed E-state index contributed by atoms with van der Waals surface area (Å²) >= 11 is 9.53. The molecule has 3 N–H and O–H groups in total. The van der Waals surface area contributed by atoms with E-state index in [2.05, 4.69) is 40.2 Å². The molecule has 2 aromatic heterocycles. The van der Waals surface area contributed by atoms with Gasteiger partial charge in [0.1, 0.15) is 23.3 Å². The summed E-state index contributed by atoms with van der Waals surface area (Å²) in [6.45, 7) is 7.73. The van der Waals surface area contributed by atoms with Crippen LogP contribution in [0.25, 0.3) is 0 Å².